The third-order valence-electron chi connectivity index (χ3n) is 7.98. The molecular weight excluding hydrogens is 456 g/mol. The topological polar surface area (TPSA) is 0 Å². The molecule has 0 aliphatic rings. The molecule has 0 fully saturated rings. The van der Waals surface area contributed by atoms with E-state index in [1.807, 2.05) is 0 Å². The van der Waals surface area contributed by atoms with Crippen LogP contribution in [-0.2, 0) is 6.42 Å². The Kier molecular flexibility index (Phi) is 8.92. The highest BCUT2D eigenvalue weighted by Gasteiger charge is 2.08. The van der Waals surface area contributed by atoms with Gasteiger partial charge < -0.3 is 0 Å². The monoisotopic (exact) mass is 498 g/mol. The zero-order chi connectivity index (χ0) is 26.2. The molecular formula is C38H42. The fraction of sp³-hybridized carbons (Fsp3) is 0.316. The molecule has 0 spiro atoms. The van der Waals surface area contributed by atoms with Gasteiger partial charge in [0.2, 0.25) is 0 Å². The third-order valence-corrected chi connectivity index (χ3v) is 7.98. The number of rotatable bonds is 12. The molecule has 38 heavy (non-hydrogen) atoms. The smallest absolute Gasteiger partial charge is 0.0109 e. The number of fused-ring (bicyclic) bond motifs is 3. The van der Waals surface area contributed by atoms with Gasteiger partial charge in [0.15, 0.2) is 0 Å². The van der Waals surface area contributed by atoms with Gasteiger partial charge >= 0.3 is 0 Å². The van der Waals surface area contributed by atoms with Crippen LogP contribution in [0.5, 0.6) is 0 Å². The van der Waals surface area contributed by atoms with Crippen molar-refractivity contribution in [3.8, 4) is 0 Å². The summed E-state index contributed by atoms with van der Waals surface area (Å²) in [5.74, 6) is 0. The molecule has 5 aromatic carbocycles. The molecule has 0 heterocycles. The standard InChI is InChI=1S/C38H42/c1-3-5-7-9-14-29-20-22-32-28-36-26-30(21-23-33(36)27-35(32)24-29)25-34(16-10-8-6-4-2)38-19-13-17-31-15-11-12-18-37(31)38/h11-13,15,17-28H,3-10,14,16H2,1-2H3. The molecule has 0 bridgehead atoms. The van der Waals surface area contributed by atoms with Crippen LogP contribution in [0.4, 0.5) is 0 Å². The van der Waals surface area contributed by atoms with Crippen molar-refractivity contribution in [3.05, 3.63) is 108 Å². The number of hydrogen-bond acceptors (Lipinski definition) is 0. The van der Waals surface area contributed by atoms with Crippen LogP contribution < -0.4 is 0 Å². The van der Waals surface area contributed by atoms with Crippen molar-refractivity contribution in [2.75, 3.05) is 0 Å². The summed E-state index contributed by atoms with van der Waals surface area (Å²) in [4.78, 5) is 0. The number of hydrogen-bond donors (Lipinski definition) is 0. The zero-order valence-electron chi connectivity index (χ0n) is 23.3. The van der Waals surface area contributed by atoms with E-state index in [0.717, 1.165) is 6.42 Å². The second kappa shape index (κ2) is 12.9. The summed E-state index contributed by atoms with van der Waals surface area (Å²) in [6.45, 7) is 4.56. The molecule has 5 aromatic rings. The van der Waals surface area contributed by atoms with E-state index in [1.54, 1.807) is 0 Å². The van der Waals surface area contributed by atoms with Crippen molar-refractivity contribution in [2.45, 2.75) is 78.1 Å². The average molecular weight is 499 g/mol. The summed E-state index contributed by atoms with van der Waals surface area (Å²) >= 11 is 0. The number of benzene rings is 5. The number of unbranched alkanes of at least 4 members (excludes halogenated alkanes) is 6. The first-order chi connectivity index (χ1) is 18.7. The summed E-state index contributed by atoms with van der Waals surface area (Å²) in [6.07, 6.45) is 15.1. The van der Waals surface area contributed by atoms with Crippen LogP contribution >= 0.6 is 0 Å². The predicted octanol–water partition coefficient (Wildman–Crippen LogP) is 11.8. The highest BCUT2D eigenvalue weighted by atomic mass is 14.1. The van der Waals surface area contributed by atoms with Gasteiger partial charge in [-0.1, -0.05) is 131 Å². The van der Waals surface area contributed by atoms with E-state index in [0.29, 0.717) is 0 Å². The lowest BCUT2D eigenvalue weighted by Crippen LogP contribution is -1.90. The number of allylic oxidation sites excluding steroid dienone is 1. The third kappa shape index (κ3) is 6.36. The summed E-state index contributed by atoms with van der Waals surface area (Å²) in [7, 11) is 0. The maximum absolute atomic E-state index is 2.44. The molecule has 0 aliphatic carbocycles. The second-order valence-corrected chi connectivity index (χ2v) is 11.0. The highest BCUT2D eigenvalue weighted by molar-refractivity contribution is 6.01. The summed E-state index contributed by atoms with van der Waals surface area (Å²) in [6, 6.07) is 34.4. The minimum absolute atomic E-state index is 1.12. The zero-order valence-corrected chi connectivity index (χ0v) is 23.3. The van der Waals surface area contributed by atoms with E-state index < -0.39 is 0 Å². The molecule has 0 nitrogen and oxygen atoms in total. The fourth-order valence-electron chi connectivity index (χ4n) is 5.80. The molecule has 194 valence electrons. The van der Waals surface area contributed by atoms with Gasteiger partial charge in [0, 0.05) is 0 Å². The van der Waals surface area contributed by atoms with Gasteiger partial charge in [-0.25, -0.2) is 0 Å². The molecule has 0 aliphatic heterocycles. The normalized spacial score (nSPS) is 12.1. The lowest BCUT2D eigenvalue weighted by Gasteiger charge is -2.13. The first kappa shape index (κ1) is 26.2. The van der Waals surface area contributed by atoms with E-state index >= 15 is 0 Å². The molecule has 0 heteroatoms. The molecule has 0 N–H and O–H groups in total. The lowest BCUT2D eigenvalue weighted by molar-refractivity contribution is 0.667. The highest BCUT2D eigenvalue weighted by Crippen LogP contribution is 2.32. The predicted molar refractivity (Wildman–Crippen MR) is 170 cm³/mol. The van der Waals surface area contributed by atoms with Gasteiger partial charge in [0.1, 0.15) is 0 Å². The van der Waals surface area contributed by atoms with Crippen molar-refractivity contribution in [3.63, 3.8) is 0 Å². The molecule has 0 saturated heterocycles. The maximum atomic E-state index is 2.44. The van der Waals surface area contributed by atoms with E-state index in [-0.39, 0.29) is 0 Å². The van der Waals surface area contributed by atoms with Crippen molar-refractivity contribution < 1.29 is 0 Å². The Balaban J connectivity index is 1.47. The minimum Gasteiger partial charge on any atom is -0.0654 e. The molecule has 5 rings (SSSR count). The van der Waals surface area contributed by atoms with Gasteiger partial charge in [0.25, 0.3) is 0 Å². The summed E-state index contributed by atoms with van der Waals surface area (Å²) in [5.41, 5.74) is 5.59. The van der Waals surface area contributed by atoms with Crippen LogP contribution in [0.2, 0.25) is 0 Å². The van der Waals surface area contributed by atoms with Crippen LogP contribution in [0.3, 0.4) is 0 Å². The van der Waals surface area contributed by atoms with E-state index in [4.69, 9.17) is 0 Å². The molecule has 0 aromatic heterocycles. The Morgan fingerprint density at radius 1 is 0.553 bits per heavy atom. The summed E-state index contributed by atoms with van der Waals surface area (Å²) < 4.78 is 0. The first-order valence-corrected chi connectivity index (χ1v) is 14.9. The van der Waals surface area contributed by atoms with Crippen LogP contribution in [-0.4, -0.2) is 0 Å². The van der Waals surface area contributed by atoms with Crippen LogP contribution in [0.15, 0.2) is 91.0 Å². The molecule has 0 unspecified atom stereocenters. The van der Waals surface area contributed by atoms with Crippen LogP contribution in [0, 0.1) is 0 Å². The molecule has 0 radical (unpaired) electrons. The maximum Gasteiger partial charge on any atom is -0.0109 e. The van der Waals surface area contributed by atoms with E-state index in [9.17, 15) is 0 Å². The summed E-state index contributed by atoms with van der Waals surface area (Å²) in [5, 5.41) is 8.02. The van der Waals surface area contributed by atoms with Crippen molar-refractivity contribution in [1.29, 1.82) is 0 Å². The van der Waals surface area contributed by atoms with Crippen LogP contribution in [0.1, 0.15) is 88.3 Å². The molecule has 0 saturated carbocycles. The van der Waals surface area contributed by atoms with Crippen molar-refractivity contribution in [1.82, 2.24) is 0 Å². The Labute approximate surface area is 229 Å². The average Bonchev–Trinajstić information content (AvgIpc) is 2.95. The Bertz CT molecular complexity index is 1530. The van der Waals surface area contributed by atoms with E-state index in [1.165, 1.54) is 112 Å². The van der Waals surface area contributed by atoms with Gasteiger partial charge in [0.05, 0.1) is 0 Å². The van der Waals surface area contributed by atoms with Gasteiger partial charge in [-0.2, -0.15) is 0 Å². The molecule has 0 atom stereocenters. The molecule has 0 amide bonds. The van der Waals surface area contributed by atoms with Gasteiger partial charge in [-0.15, -0.1) is 0 Å². The Hall–Kier alpha value is -3.38. The van der Waals surface area contributed by atoms with Gasteiger partial charge in [-0.05, 0) is 98.5 Å². The SMILES string of the molecule is CCCCCCC(=Cc1ccc2cc3cc(CCCCCC)ccc3cc2c1)c1cccc2ccccc12. The van der Waals surface area contributed by atoms with Crippen molar-refractivity contribution in [2.24, 2.45) is 0 Å². The minimum atomic E-state index is 1.12. The van der Waals surface area contributed by atoms with E-state index in [2.05, 4.69) is 111 Å². The lowest BCUT2D eigenvalue weighted by atomic mass is 9.92. The quantitative estimate of drug-likeness (QED) is 0.0911. The number of aryl methyl sites for hydroxylation is 1. The first-order valence-electron chi connectivity index (χ1n) is 14.9. The van der Waals surface area contributed by atoms with Crippen LogP contribution in [0.25, 0.3) is 44.0 Å². The Morgan fingerprint density at radius 3 is 2.08 bits per heavy atom. The fourth-order valence-corrected chi connectivity index (χ4v) is 5.80. The largest absolute Gasteiger partial charge is 0.0654 e. The van der Waals surface area contributed by atoms with Crippen molar-refractivity contribution >= 4 is 44.0 Å². The van der Waals surface area contributed by atoms with Gasteiger partial charge in [-0.3, -0.25) is 0 Å². The second-order valence-electron chi connectivity index (χ2n) is 11.0. The Morgan fingerprint density at radius 2 is 1.26 bits per heavy atom.